The van der Waals surface area contributed by atoms with Gasteiger partial charge in [-0.3, -0.25) is 4.57 Å². The molecule has 1 unspecified atom stereocenters. The van der Waals surface area contributed by atoms with Crippen LogP contribution in [0.2, 0.25) is 0 Å². The molecule has 0 N–H and O–H groups in total. The molecule has 2 aromatic heterocycles. The fraction of sp³-hybridized carbons (Fsp3) is 0.304. The third-order valence-electron chi connectivity index (χ3n) is 5.16. The second kappa shape index (κ2) is 8.68. The fourth-order valence-corrected chi connectivity index (χ4v) is 3.66. The summed E-state index contributed by atoms with van der Waals surface area (Å²) in [4.78, 5) is 24.9. The molecule has 0 bridgehead atoms. The van der Waals surface area contributed by atoms with Crippen LogP contribution in [0.4, 0.5) is 0 Å². The van der Waals surface area contributed by atoms with Crippen molar-refractivity contribution in [3.05, 3.63) is 70.2 Å². The molecule has 5 rings (SSSR count). The Balaban J connectivity index is 1.40. The lowest BCUT2D eigenvalue weighted by Crippen LogP contribution is -2.34. The van der Waals surface area contributed by atoms with Crippen LogP contribution in [0.3, 0.4) is 0 Å². The van der Waals surface area contributed by atoms with Crippen molar-refractivity contribution in [3.8, 4) is 29.0 Å². The Morgan fingerprint density at radius 2 is 2.06 bits per heavy atom. The smallest absolute Gasteiger partial charge is 0.351 e. The van der Waals surface area contributed by atoms with Crippen molar-refractivity contribution in [1.29, 1.82) is 0 Å². The van der Waals surface area contributed by atoms with Crippen molar-refractivity contribution in [2.75, 3.05) is 26.4 Å². The molecule has 8 nitrogen and oxygen atoms in total. The summed E-state index contributed by atoms with van der Waals surface area (Å²) < 4.78 is 18.4. The lowest BCUT2D eigenvalue weighted by atomic mass is 9.95. The van der Waals surface area contributed by atoms with Gasteiger partial charge in [0.05, 0.1) is 25.5 Å². The fourth-order valence-electron chi connectivity index (χ4n) is 3.66. The van der Waals surface area contributed by atoms with Crippen molar-refractivity contribution in [3.63, 3.8) is 0 Å². The van der Waals surface area contributed by atoms with Crippen LogP contribution in [0.5, 0.6) is 5.88 Å². The molecule has 1 saturated heterocycles. The molecule has 156 valence electrons. The number of nitrogens with zero attached hydrogens (tertiary/aromatic N) is 4. The van der Waals surface area contributed by atoms with Crippen LogP contribution in [-0.4, -0.2) is 52.1 Å². The van der Waals surface area contributed by atoms with E-state index in [0.717, 1.165) is 28.8 Å². The summed E-state index contributed by atoms with van der Waals surface area (Å²) in [7, 11) is 0. The van der Waals surface area contributed by atoms with Crippen molar-refractivity contribution in [2.45, 2.75) is 19.1 Å². The maximum Gasteiger partial charge on any atom is 0.351 e. The van der Waals surface area contributed by atoms with Gasteiger partial charge in [-0.1, -0.05) is 12.0 Å². The van der Waals surface area contributed by atoms with E-state index in [9.17, 15) is 4.79 Å². The van der Waals surface area contributed by atoms with E-state index in [2.05, 4.69) is 26.8 Å². The van der Waals surface area contributed by atoms with Gasteiger partial charge in [-0.25, -0.2) is 14.8 Å². The summed E-state index contributed by atoms with van der Waals surface area (Å²) in [6, 6.07) is 9.53. The summed E-state index contributed by atoms with van der Waals surface area (Å²) in [5.74, 6) is 6.86. The standard InChI is InChI=1S/C23H20N4O4/c28-23-26-22(31-15-18-14-29-10-11-30-18)13-20-19-4-2-16(12-17(19)6-9-27(20)23)3-5-21-24-7-1-8-25-21/h1-2,4,7-8,12-13,18H,6,9-11,14-15H2. The molecule has 1 fully saturated rings. The number of aromatic nitrogens is 4. The van der Waals surface area contributed by atoms with E-state index in [1.807, 2.05) is 24.3 Å². The molecule has 3 aromatic rings. The average molecular weight is 416 g/mol. The van der Waals surface area contributed by atoms with Crippen LogP contribution in [0.25, 0.3) is 11.3 Å². The third-order valence-corrected chi connectivity index (χ3v) is 5.16. The Labute approximate surface area is 178 Å². The Kier molecular flexibility index (Phi) is 5.44. The van der Waals surface area contributed by atoms with Gasteiger partial charge in [0.15, 0.2) is 0 Å². The van der Waals surface area contributed by atoms with Crippen LogP contribution in [0.15, 0.2) is 47.5 Å². The van der Waals surface area contributed by atoms with E-state index < -0.39 is 0 Å². The molecule has 2 aliphatic heterocycles. The predicted octanol–water partition coefficient (Wildman–Crippen LogP) is 1.45. The molecular weight excluding hydrogens is 396 g/mol. The van der Waals surface area contributed by atoms with Crippen LogP contribution < -0.4 is 10.4 Å². The molecule has 8 heteroatoms. The van der Waals surface area contributed by atoms with Crippen LogP contribution in [0.1, 0.15) is 17.0 Å². The first-order valence-electron chi connectivity index (χ1n) is 10.1. The minimum Gasteiger partial charge on any atom is -0.475 e. The molecule has 0 saturated carbocycles. The molecule has 0 spiro atoms. The van der Waals surface area contributed by atoms with Crippen LogP contribution in [-0.2, 0) is 22.4 Å². The summed E-state index contributed by atoms with van der Waals surface area (Å²) in [5.41, 5.74) is 3.46. The Morgan fingerprint density at radius 1 is 1.16 bits per heavy atom. The van der Waals surface area contributed by atoms with Crippen molar-refractivity contribution >= 4 is 0 Å². The van der Waals surface area contributed by atoms with E-state index in [1.165, 1.54) is 0 Å². The Bertz CT molecular complexity index is 1210. The largest absolute Gasteiger partial charge is 0.475 e. The monoisotopic (exact) mass is 416 g/mol. The minimum atomic E-state index is -0.316. The first kappa shape index (κ1) is 19.4. The highest BCUT2D eigenvalue weighted by molar-refractivity contribution is 5.68. The summed E-state index contributed by atoms with van der Waals surface area (Å²) in [5, 5.41) is 0. The lowest BCUT2D eigenvalue weighted by Gasteiger charge is -2.24. The number of rotatable bonds is 3. The van der Waals surface area contributed by atoms with E-state index in [1.54, 1.807) is 23.0 Å². The Morgan fingerprint density at radius 3 is 2.90 bits per heavy atom. The van der Waals surface area contributed by atoms with Gasteiger partial charge in [0.1, 0.15) is 12.7 Å². The number of hydrogen-bond donors (Lipinski definition) is 0. The Hall–Kier alpha value is -3.54. The summed E-state index contributed by atoms with van der Waals surface area (Å²) in [6.07, 6.45) is 3.91. The lowest BCUT2D eigenvalue weighted by molar-refractivity contribution is -0.102. The highest BCUT2D eigenvalue weighted by atomic mass is 16.6. The van der Waals surface area contributed by atoms with Gasteiger partial charge in [0, 0.05) is 36.1 Å². The molecule has 4 heterocycles. The maximum absolute atomic E-state index is 12.6. The number of fused-ring (bicyclic) bond motifs is 3. The van der Waals surface area contributed by atoms with Crippen LogP contribution >= 0.6 is 0 Å². The van der Waals surface area contributed by atoms with Crippen molar-refractivity contribution < 1.29 is 14.2 Å². The van der Waals surface area contributed by atoms with Crippen LogP contribution in [0, 0.1) is 11.8 Å². The number of aryl methyl sites for hydroxylation is 1. The highest BCUT2D eigenvalue weighted by Gasteiger charge is 2.20. The van der Waals surface area contributed by atoms with E-state index in [4.69, 9.17) is 14.2 Å². The van der Waals surface area contributed by atoms with Gasteiger partial charge in [0.25, 0.3) is 0 Å². The molecule has 1 atom stereocenters. The van der Waals surface area contributed by atoms with E-state index in [-0.39, 0.29) is 11.8 Å². The zero-order valence-electron chi connectivity index (χ0n) is 16.8. The van der Waals surface area contributed by atoms with Gasteiger partial charge >= 0.3 is 5.69 Å². The van der Waals surface area contributed by atoms with Crippen molar-refractivity contribution in [1.82, 2.24) is 19.5 Å². The molecule has 0 amide bonds. The van der Waals surface area contributed by atoms with Crippen molar-refractivity contribution in [2.24, 2.45) is 0 Å². The highest BCUT2D eigenvalue weighted by Crippen LogP contribution is 2.30. The van der Waals surface area contributed by atoms with Gasteiger partial charge in [-0.2, -0.15) is 4.98 Å². The first-order valence-corrected chi connectivity index (χ1v) is 10.1. The molecule has 0 radical (unpaired) electrons. The zero-order valence-corrected chi connectivity index (χ0v) is 16.8. The van der Waals surface area contributed by atoms with Gasteiger partial charge in [-0.15, -0.1) is 0 Å². The molecular formula is C23H20N4O4. The second-order valence-corrected chi connectivity index (χ2v) is 7.24. The quantitative estimate of drug-likeness (QED) is 0.597. The maximum atomic E-state index is 12.6. The number of benzene rings is 1. The SMILES string of the molecule is O=c1nc(OCC2COCCO2)cc2n1CCc1cc(C#Cc3ncccn3)ccc1-2. The number of hydrogen-bond acceptors (Lipinski definition) is 7. The van der Waals surface area contributed by atoms with E-state index >= 15 is 0 Å². The zero-order chi connectivity index (χ0) is 21.0. The number of ether oxygens (including phenoxy) is 3. The average Bonchev–Trinajstić information content (AvgIpc) is 2.82. The van der Waals surface area contributed by atoms with Gasteiger partial charge in [-0.05, 0) is 36.1 Å². The molecule has 0 aliphatic carbocycles. The van der Waals surface area contributed by atoms with Gasteiger partial charge < -0.3 is 14.2 Å². The van der Waals surface area contributed by atoms with Gasteiger partial charge in [0.2, 0.25) is 11.7 Å². The topological polar surface area (TPSA) is 88.4 Å². The second-order valence-electron chi connectivity index (χ2n) is 7.24. The summed E-state index contributed by atoms with van der Waals surface area (Å²) in [6.45, 7) is 2.47. The molecule has 1 aromatic carbocycles. The molecule has 2 aliphatic rings. The third kappa shape index (κ3) is 4.33. The summed E-state index contributed by atoms with van der Waals surface area (Å²) >= 11 is 0. The molecule has 31 heavy (non-hydrogen) atoms. The minimum absolute atomic E-state index is 0.156. The normalized spacial score (nSPS) is 17.1. The predicted molar refractivity (Wildman–Crippen MR) is 112 cm³/mol. The van der Waals surface area contributed by atoms with E-state index in [0.29, 0.717) is 44.7 Å². The first-order chi connectivity index (χ1) is 15.3.